The van der Waals surface area contributed by atoms with Gasteiger partial charge >= 0.3 is 5.97 Å². The van der Waals surface area contributed by atoms with Crippen molar-refractivity contribution in [1.82, 2.24) is 0 Å². The van der Waals surface area contributed by atoms with Gasteiger partial charge in [0.25, 0.3) is 5.78 Å². The summed E-state index contributed by atoms with van der Waals surface area (Å²) >= 11 is 0. The predicted molar refractivity (Wildman–Crippen MR) is 128 cm³/mol. The van der Waals surface area contributed by atoms with Crippen LogP contribution < -0.4 is 4.74 Å². The average Bonchev–Trinajstić information content (AvgIpc) is 2.90. The van der Waals surface area contributed by atoms with E-state index in [0.717, 1.165) is 5.75 Å². The standard InChI is InChI=1S/C26H34O9/c27-25(23-7-3-1-4-8-23)26(28)35-22-20-33-18-16-31-14-12-29-11-13-30-15-17-32-19-21-34-24-9-5-2-6-10-24/h1-10H,11-22H2. The van der Waals surface area contributed by atoms with Crippen LogP contribution in [0.1, 0.15) is 10.4 Å². The second-order valence-electron chi connectivity index (χ2n) is 7.05. The molecule has 0 aliphatic carbocycles. The molecule has 0 radical (unpaired) electrons. The van der Waals surface area contributed by atoms with Gasteiger partial charge in [-0.05, 0) is 12.1 Å². The number of para-hydroxylation sites is 1. The largest absolute Gasteiger partial charge is 0.491 e. The molecule has 0 heterocycles. The van der Waals surface area contributed by atoms with Crippen molar-refractivity contribution in [2.24, 2.45) is 0 Å². The lowest BCUT2D eigenvalue weighted by atomic mass is 10.1. The molecule has 0 saturated carbocycles. The summed E-state index contributed by atoms with van der Waals surface area (Å²) in [6.07, 6.45) is 0. The van der Waals surface area contributed by atoms with E-state index in [2.05, 4.69) is 0 Å². The molecule has 0 spiro atoms. The Bertz CT molecular complexity index is 799. The highest BCUT2D eigenvalue weighted by Gasteiger charge is 2.16. The summed E-state index contributed by atoms with van der Waals surface area (Å²) in [5, 5.41) is 0. The van der Waals surface area contributed by atoms with Crippen LogP contribution in [-0.4, -0.2) is 91.0 Å². The summed E-state index contributed by atoms with van der Waals surface area (Å²) in [6, 6.07) is 17.9. The Morgan fingerprint density at radius 1 is 0.486 bits per heavy atom. The molecule has 2 rings (SSSR count). The molecule has 0 atom stereocenters. The molecule has 0 bridgehead atoms. The van der Waals surface area contributed by atoms with Crippen molar-refractivity contribution in [3.8, 4) is 5.75 Å². The van der Waals surface area contributed by atoms with E-state index >= 15 is 0 Å². The Hall–Kier alpha value is -2.82. The molecule has 9 heteroatoms. The molecular formula is C26H34O9. The summed E-state index contributed by atoms with van der Waals surface area (Å²) in [4.78, 5) is 23.5. The normalized spacial score (nSPS) is 10.7. The van der Waals surface area contributed by atoms with Crippen molar-refractivity contribution in [3.63, 3.8) is 0 Å². The van der Waals surface area contributed by atoms with E-state index in [1.54, 1.807) is 30.3 Å². The number of hydrogen-bond acceptors (Lipinski definition) is 9. The summed E-state index contributed by atoms with van der Waals surface area (Å²) in [6.45, 7) is 4.80. The second kappa shape index (κ2) is 19.5. The maximum atomic E-state index is 11.8. The van der Waals surface area contributed by atoms with Crippen LogP contribution in [0.5, 0.6) is 5.75 Å². The highest BCUT2D eigenvalue weighted by atomic mass is 16.6. The third kappa shape index (κ3) is 14.2. The van der Waals surface area contributed by atoms with Crippen LogP contribution in [0.15, 0.2) is 60.7 Å². The first kappa shape index (κ1) is 28.4. The van der Waals surface area contributed by atoms with E-state index in [4.69, 9.17) is 33.2 Å². The third-order valence-corrected chi connectivity index (χ3v) is 4.41. The Balaban J connectivity index is 1.26. The van der Waals surface area contributed by atoms with Crippen LogP contribution >= 0.6 is 0 Å². The van der Waals surface area contributed by atoms with Crippen LogP contribution in [-0.2, 0) is 33.2 Å². The minimum Gasteiger partial charge on any atom is -0.491 e. The van der Waals surface area contributed by atoms with Gasteiger partial charge in [0, 0.05) is 5.56 Å². The molecule has 0 N–H and O–H groups in total. The maximum absolute atomic E-state index is 11.8. The molecule has 0 amide bonds. The predicted octanol–water partition coefficient (Wildman–Crippen LogP) is 2.57. The minimum absolute atomic E-state index is 0.00697. The number of ether oxygens (including phenoxy) is 7. The first-order valence-corrected chi connectivity index (χ1v) is 11.6. The molecule has 2 aromatic carbocycles. The van der Waals surface area contributed by atoms with Gasteiger partial charge in [0.1, 0.15) is 19.0 Å². The number of carbonyl (C=O) groups excluding carboxylic acids is 2. The molecular weight excluding hydrogens is 456 g/mol. The van der Waals surface area contributed by atoms with Crippen molar-refractivity contribution in [2.45, 2.75) is 0 Å². The molecule has 0 fully saturated rings. The molecule has 192 valence electrons. The van der Waals surface area contributed by atoms with Crippen molar-refractivity contribution >= 4 is 11.8 Å². The van der Waals surface area contributed by atoms with Crippen molar-refractivity contribution in [1.29, 1.82) is 0 Å². The fraction of sp³-hybridized carbons (Fsp3) is 0.462. The zero-order valence-corrected chi connectivity index (χ0v) is 19.9. The first-order valence-electron chi connectivity index (χ1n) is 11.6. The van der Waals surface area contributed by atoms with Gasteiger partial charge in [0.15, 0.2) is 0 Å². The second-order valence-corrected chi connectivity index (χ2v) is 7.05. The van der Waals surface area contributed by atoms with Gasteiger partial charge in [0.05, 0.1) is 66.1 Å². The van der Waals surface area contributed by atoms with Gasteiger partial charge in [-0.25, -0.2) is 4.79 Å². The van der Waals surface area contributed by atoms with Gasteiger partial charge in [0.2, 0.25) is 0 Å². The third-order valence-electron chi connectivity index (χ3n) is 4.41. The lowest BCUT2D eigenvalue weighted by molar-refractivity contribution is -0.139. The molecule has 0 unspecified atom stereocenters. The highest BCUT2D eigenvalue weighted by Crippen LogP contribution is 2.07. The van der Waals surface area contributed by atoms with E-state index in [9.17, 15) is 9.59 Å². The van der Waals surface area contributed by atoms with E-state index in [1.807, 2.05) is 30.3 Å². The molecule has 35 heavy (non-hydrogen) atoms. The van der Waals surface area contributed by atoms with Crippen LogP contribution in [0.3, 0.4) is 0 Å². The Labute approximate surface area is 206 Å². The quantitative estimate of drug-likeness (QED) is 0.113. The Kier molecular flexibility index (Phi) is 15.8. The van der Waals surface area contributed by atoms with Gasteiger partial charge in [-0.2, -0.15) is 0 Å². The molecule has 2 aromatic rings. The number of Topliss-reactive ketones (excluding diaryl/α,β-unsaturated/α-hetero) is 1. The molecule has 0 aliphatic heterocycles. The van der Waals surface area contributed by atoms with Gasteiger partial charge < -0.3 is 33.2 Å². The summed E-state index contributed by atoms with van der Waals surface area (Å²) in [5.74, 6) is -0.729. The number of ketones is 1. The van der Waals surface area contributed by atoms with Crippen LogP contribution in [0.2, 0.25) is 0 Å². The van der Waals surface area contributed by atoms with E-state index < -0.39 is 11.8 Å². The number of benzene rings is 2. The first-order chi connectivity index (χ1) is 17.3. The lowest BCUT2D eigenvalue weighted by Gasteiger charge is -2.09. The zero-order chi connectivity index (χ0) is 24.8. The Morgan fingerprint density at radius 2 is 0.886 bits per heavy atom. The zero-order valence-electron chi connectivity index (χ0n) is 19.9. The fourth-order valence-corrected chi connectivity index (χ4v) is 2.68. The maximum Gasteiger partial charge on any atom is 0.379 e. The summed E-state index contributed by atoms with van der Waals surface area (Å²) in [5.41, 5.74) is 0.301. The van der Waals surface area contributed by atoms with Gasteiger partial charge in [-0.1, -0.05) is 48.5 Å². The van der Waals surface area contributed by atoms with Crippen LogP contribution in [0.4, 0.5) is 0 Å². The monoisotopic (exact) mass is 490 g/mol. The summed E-state index contributed by atoms with van der Waals surface area (Å²) in [7, 11) is 0. The number of hydrogen-bond donors (Lipinski definition) is 0. The van der Waals surface area contributed by atoms with Crippen LogP contribution in [0.25, 0.3) is 0 Å². The lowest BCUT2D eigenvalue weighted by Crippen LogP contribution is -2.20. The van der Waals surface area contributed by atoms with Crippen molar-refractivity contribution < 1.29 is 42.7 Å². The number of rotatable bonds is 21. The van der Waals surface area contributed by atoms with Crippen molar-refractivity contribution in [2.75, 3.05) is 79.3 Å². The SMILES string of the molecule is O=C(OCCOCCOCCOCCOCCOCCOc1ccccc1)C(=O)c1ccccc1. The molecule has 9 nitrogen and oxygen atoms in total. The topological polar surface area (TPSA) is 98.8 Å². The van der Waals surface area contributed by atoms with Crippen molar-refractivity contribution in [3.05, 3.63) is 66.2 Å². The van der Waals surface area contributed by atoms with E-state index in [-0.39, 0.29) is 13.2 Å². The van der Waals surface area contributed by atoms with Gasteiger partial charge in [-0.15, -0.1) is 0 Å². The highest BCUT2D eigenvalue weighted by molar-refractivity contribution is 6.40. The number of esters is 1. The molecule has 0 aromatic heterocycles. The minimum atomic E-state index is -0.891. The van der Waals surface area contributed by atoms with E-state index in [0.29, 0.717) is 71.6 Å². The smallest absolute Gasteiger partial charge is 0.379 e. The number of carbonyl (C=O) groups is 2. The molecule has 0 saturated heterocycles. The fourth-order valence-electron chi connectivity index (χ4n) is 2.68. The Morgan fingerprint density at radius 3 is 1.37 bits per heavy atom. The molecule has 0 aliphatic rings. The van der Waals surface area contributed by atoms with E-state index in [1.165, 1.54) is 0 Å². The summed E-state index contributed by atoms with van der Waals surface area (Å²) < 4.78 is 37.4. The average molecular weight is 491 g/mol. The van der Waals surface area contributed by atoms with Crippen LogP contribution in [0, 0.1) is 0 Å². The van der Waals surface area contributed by atoms with Gasteiger partial charge in [-0.3, -0.25) is 4.79 Å².